The van der Waals surface area contributed by atoms with Crippen LogP contribution >= 0.6 is 11.6 Å². The lowest BCUT2D eigenvalue weighted by Crippen LogP contribution is -2.21. The number of benzene rings is 1. The second kappa shape index (κ2) is 3.62. The Morgan fingerprint density at radius 1 is 1.40 bits per heavy atom. The highest BCUT2D eigenvalue weighted by Gasteiger charge is 2.34. The summed E-state index contributed by atoms with van der Waals surface area (Å²) < 4.78 is 13.4. The molecule has 0 radical (unpaired) electrons. The Bertz CT molecular complexity index is 427. The molecule has 15 heavy (non-hydrogen) atoms. The van der Waals surface area contributed by atoms with E-state index in [1.54, 1.807) is 0 Å². The fourth-order valence-corrected chi connectivity index (χ4v) is 1.93. The molecule has 5 heteroatoms. The molecule has 78 valence electrons. The Kier molecular flexibility index (Phi) is 2.44. The van der Waals surface area contributed by atoms with E-state index in [0.29, 0.717) is 0 Å². The molecule has 1 fully saturated rings. The molecule has 0 aliphatic carbocycles. The van der Waals surface area contributed by atoms with Gasteiger partial charge in [-0.05, 0) is 12.1 Å². The van der Waals surface area contributed by atoms with Crippen LogP contribution in [0.4, 0.5) is 4.39 Å². The van der Waals surface area contributed by atoms with E-state index in [1.165, 1.54) is 18.2 Å². The number of nitrogens with one attached hydrogen (secondary N) is 1. The first-order chi connectivity index (χ1) is 7.09. The van der Waals surface area contributed by atoms with E-state index in [0.717, 1.165) is 0 Å². The van der Waals surface area contributed by atoms with Crippen molar-refractivity contribution in [2.75, 3.05) is 0 Å². The average Bonchev–Trinajstić information content (AvgIpc) is 2.45. The summed E-state index contributed by atoms with van der Waals surface area (Å²) in [7, 11) is 0. The minimum absolute atomic E-state index is 0.0422. The van der Waals surface area contributed by atoms with E-state index in [4.69, 9.17) is 11.6 Å². The number of imide groups is 1. The lowest BCUT2D eigenvalue weighted by atomic mass is 9.97. The van der Waals surface area contributed by atoms with Crippen LogP contribution < -0.4 is 5.32 Å². The molecule has 1 heterocycles. The van der Waals surface area contributed by atoms with E-state index in [-0.39, 0.29) is 17.0 Å². The van der Waals surface area contributed by atoms with Gasteiger partial charge >= 0.3 is 0 Å². The van der Waals surface area contributed by atoms with Crippen LogP contribution in [-0.2, 0) is 9.59 Å². The molecular formula is C10H7ClFNO2. The first-order valence-corrected chi connectivity index (χ1v) is 4.75. The summed E-state index contributed by atoms with van der Waals surface area (Å²) in [5.41, 5.74) is 0.0996. The van der Waals surface area contributed by atoms with Crippen LogP contribution in [0.3, 0.4) is 0 Å². The summed E-state index contributed by atoms with van der Waals surface area (Å²) in [5, 5.41) is 2.29. The lowest BCUT2D eigenvalue weighted by Gasteiger charge is -2.09. The zero-order valence-electron chi connectivity index (χ0n) is 7.59. The standard InChI is InChI=1S/C10H7ClFNO2/c11-6-2-1-3-7(12)9(6)5-4-8(14)13-10(5)15/h1-3,5H,4H2,(H,13,14,15). The van der Waals surface area contributed by atoms with E-state index >= 15 is 0 Å². The third-order valence-corrected chi connectivity index (χ3v) is 2.65. The van der Waals surface area contributed by atoms with Crippen LogP contribution in [0.1, 0.15) is 17.9 Å². The predicted octanol–water partition coefficient (Wildman–Crippen LogP) is 1.61. The molecule has 2 amide bonds. The Balaban J connectivity index is 2.46. The molecule has 1 atom stereocenters. The highest BCUT2D eigenvalue weighted by molar-refractivity contribution is 6.31. The van der Waals surface area contributed by atoms with Crippen molar-refractivity contribution in [2.45, 2.75) is 12.3 Å². The Morgan fingerprint density at radius 3 is 2.67 bits per heavy atom. The Labute approximate surface area is 90.2 Å². The third-order valence-electron chi connectivity index (χ3n) is 2.32. The van der Waals surface area contributed by atoms with Crippen molar-refractivity contribution in [2.24, 2.45) is 0 Å². The lowest BCUT2D eigenvalue weighted by molar-refractivity contribution is -0.125. The first kappa shape index (κ1) is 10.1. The summed E-state index contributed by atoms with van der Waals surface area (Å²) in [5.74, 6) is -2.25. The molecule has 1 aromatic rings. The number of carbonyl (C=O) groups excluding carboxylic acids is 2. The smallest absolute Gasteiger partial charge is 0.234 e. The van der Waals surface area contributed by atoms with Gasteiger partial charge in [-0.3, -0.25) is 14.9 Å². The molecular weight excluding hydrogens is 221 g/mol. The largest absolute Gasteiger partial charge is 0.296 e. The summed E-state index contributed by atoms with van der Waals surface area (Å²) in [6.45, 7) is 0. The van der Waals surface area contributed by atoms with Gasteiger partial charge in [0.25, 0.3) is 0 Å². The van der Waals surface area contributed by atoms with Crippen LogP contribution in [0.15, 0.2) is 18.2 Å². The molecule has 1 aliphatic heterocycles. The molecule has 0 spiro atoms. The van der Waals surface area contributed by atoms with Gasteiger partial charge in [0, 0.05) is 17.0 Å². The summed E-state index contributed by atoms with van der Waals surface area (Å²) in [6, 6.07) is 4.17. The van der Waals surface area contributed by atoms with Gasteiger partial charge in [0.05, 0.1) is 5.92 Å². The fraction of sp³-hybridized carbons (Fsp3) is 0.200. The quantitative estimate of drug-likeness (QED) is 0.741. The van der Waals surface area contributed by atoms with Crippen molar-refractivity contribution < 1.29 is 14.0 Å². The average molecular weight is 228 g/mol. The number of halogens is 2. The highest BCUT2D eigenvalue weighted by atomic mass is 35.5. The van der Waals surface area contributed by atoms with Crippen molar-refractivity contribution in [3.8, 4) is 0 Å². The van der Waals surface area contributed by atoms with Gasteiger partial charge in [0.2, 0.25) is 11.8 Å². The molecule has 1 unspecified atom stereocenters. The van der Waals surface area contributed by atoms with Crippen molar-refractivity contribution >= 4 is 23.4 Å². The first-order valence-electron chi connectivity index (χ1n) is 4.37. The predicted molar refractivity (Wildman–Crippen MR) is 51.9 cm³/mol. The van der Waals surface area contributed by atoms with Gasteiger partial charge in [-0.1, -0.05) is 17.7 Å². The fourth-order valence-electron chi connectivity index (χ4n) is 1.63. The van der Waals surface area contributed by atoms with Crippen LogP contribution in [0.5, 0.6) is 0 Å². The van der Waals surface area contributed by atoms with Crippen molar-refractivity contribution in [1.82, 2.24) is 5.32 Å². The zero-order chi connectivity index (χ0) is 11.0. The summed E-state index contributed by atoms with van der Waals surface area (Å²) in [6.07, 6.45) is -0.0422. The van der Waals surface area contributed by atoms with Crippen LogP contribution in [0, 0.1) is 5.82 Å². The molecule has 1 saturated heterocycles. The van der Waals surface area contributed by atoms with Crippen molar-refractivity contribution in [3.05, 3.63) is 34.6 Å². The van der Waals surface area contributed by atoms with Crippen molar-refractivity contribution in [3.63, 3.8) is 0 Å². The van der Waals surface area contributed by atoms with Gasteiger partial charge < -0.3 is 0 Å². The maximum Gasteiger partial charge on any atom is 0.234 e. The highest BCUT2D eigenvalue weighted by Crippen LogP contribution is 2.32. The monoisotopic (exact) mass is 227 g/mol. The maximum absolute atomic E-state index is 13.4. The van der Waals surface area contributed by atoms with Gasteiger partial charge in [0.1, 0.15) is 5.82 Å². The number of carbonyl (C=O) groups is 2. The minimum Gasteiger partial charge on any atom is -0.296 e. The SMILES string of the molecule is O=C1CC(c2c(F)cccc2Cl)C(=O)N1. The number of hydrogen-bond acceptors (Lipinski definition) is 2. The van der Waals surface area contributed by atoms with E-state index in [2.05, 4.69) is 5.32 Å². The Hall–Kier alpha value is -1.42. The third kappa shape index (κ3) is 1.72. The molecule has 1 aliphatic rings. The summed E-state index contributed by atoms with van der Waals surface area (Å²) >= 11 is 5.79. The molecule has 0 saturated carbocycles. The maximum atomic E-state index is 13.4. The van der Waals surface area contributed by atoms with E-state index < -0.39 is 23.5 Å². The zero-order valence-corrected chi connectivity index (χ0v) is 8.34. The minimum atomic E-state index is -0.800. The Morgan fingerprint density at radius 2 is 2.13 bits per heavy atom. The number of hydrogen-bond donors (Lipinski definition) is 1. The molecule has 0 bridgehead atoms. The van der Waals surface area contributed by atoms with Crippen LogP contribution in [0.25, 0.3) is 0 Å². The molecule has 2 rings (SSSR count). The van der Waals surface area contributed by atoms with Crippen LogP contribution in [-0.4, -0.2) is 11.8 Å². The van der Waals surface area contributed by atoms with E-state index in [1.807, 2.05) is 0 Å². The van der Waals surface area contributed by atoms with Crippen molar-refractivity contribution in [1.29, 1.82) is 0 Å². The normalized spacial score (nSPS) is 20.5. The molecule has 1 aromatic carbocycles. The topological polar surface area (TPSA) is 46.2 Å². The number of amides is 2. The van der Waals surface area contributed by atoms with Gasteiger partial charge in [-0.25, -0.2) is 4.39 Å². The van der Waals surface area contributed by atoms with Gasteiger partial charge in [0.15, 0.2) is 0 Å². The van der Waals surface area contributed by atoms with Gasteiger partial charge in [-0.2, -0.15) is 0 Å². The molecule has 1 N–H and O–H groups in total. The molecule has 3 nitrogen and oxygen atoms in total. The van der Waals surface area contributed by atoms with Gasteiger partial charge in [-0.15, -0.1) is 0 Å². The second-order valence-corrected chi connectivity index (χ2v) is 3.71. The molecule has 0 aromatic heterocycles. The van der Waals surface area contributed by atoms with E-state index in [9.17, 15) is 14.0 Å². The second-order valence-electron chi connectivity index (χ2n) is 3.30. The van der Waals surface area contributed by atoms with Crippen LogP contribution in [0.2, 0.25) is 5.02 Å². The summed E-state index contributed by atoms with van der Waals surface area (Å²) in [4.78, 5) is 22.3. The number of rotatable bonds is 1.